The first-order valence-electron chi connectivity index (χ1n) is 19.5. The Bertz CT molecular complexity index is 1980. The van der Waals surface area contributed by atoms with Crippen LogP contribution in [0.25, 0.3) is 0 Å². The van der Waals surface area contributed by atoms with Crippen LogP contribution in [-0.2, 0) is 51.2 Å². The molecule has 4 amide bonds. The summed E-state index contributed by atoms with van der Waals surface area (Å²) in [6.07, 6.45) is -0.393. The zero-order valence-electron chi connectivity index (χ0n) is 35.4. The summed E-state index contributed by atoms with van der Waals surface area (Å²) in [7, 11) is 0. The van der Waals surface area contributed by atoms with Gasteiger partial charge in [0.25, 0.3) is 0 Å². The summed E-state index contributed by atoms with van der Waals surface area (Å²) >= 11 is 5.36. The molecule has 0 heterocycles. The quantitative estimate of drug-likeness (QED) is 0.0210. The number of thioether (sulfide) groups is 2. The van der Waals surface area contributed by atoms with Gasteiger partial charge in [0.1, 0.15) is 18.6 Å². The maximum absolute atomic E-state index is 13.6. The molecule has 0 bridgehead atoms. The number of hydrogen-bond acceptors (Lipinski definition) is 15. The third-order valence-electron chi connectivity index (χ3n) is 8.60. The van der Waals surface area contributed by atoms with Crippen LogP contribution in [-0.4, -0.2) is 139 Å². The number of esters is 1. The van der Waals surface area contributed by atoms with Crippen LogP contribution in [0.1, 0.15) is 64.5 Å². The number of nitrogens with one attached hydrogen (secondary N) is 4. The summed E-state index contributed by atoms with van der Waals surface area (Å²) in [6.45, 7) is 5.82. The molecule has 2 aromatic rings. The molecule has 0 aliphatic heterocycles. The first-order chi connectivity index (χ1) is 29.3. The Balaban J connectivity index is 2.31. The van der Waals surface area contributed by atoms with E-state index in [1.807, 2.05) is 32.0 Å². The second-order valence-corrected chi connectivity index (χ2v) is 19.0. The van der Waals surface area contributed by atoms with Gasteiger partial charge in [-0.05, 0) is 38.8 Å². The standard InChI is InChI=1S/C40H57N8O12S2Se/c1-39(2,43)15-21-27(7-5-8-28(21)61-19-25(35(54)45-17-33(51)52)47-31(49)13-11-23(41)37(56)57)60-34(53)18-46-36(55)26(48-32(50)14-12-24(42)38(58)59)20-62-29-9-6-10-30(63)22(29)16-40(3,4)44/h5-10,23-26H,11-20,41-44H2,1-4H3,(H,45,54)(H,46,55)(H,47,49)(H,48,50)(H,51,52)(H,56,57)(H,58,59). The SMILES string of the molecule is CC(C)(N)Cc1c([Se])cccc1SCC(NC(=O)CCC(N)C(=O)O)C(=O)NCC(=O)Oc1cccc(SCC(NC(=O)CCC(N)C(=O)O)C(=O)NCC(=O)O)c1CC(C)(C)N. The number of benzene rings is 2. The van der Waals surface area contributed by atoms with E-state index in [-0.39, 0.29) is 49.4 Å². The third kappa shape index (κ3) is 21.0. The monoisotopic (exact) mass is 985 g/mol. The van der Waals surface area contributed by atoms with Crippen molar-refractivity contribution in [2.75, 3.05) is 24.6 Å². The predicted molar refractivity (Wildman–Crippen MR) is 237 cm³/mol. The fraction of sp³-hybridized carbons (Fsp3) is 0.500. The van der Waals surface area contributed by atoms with Gasteiger partial charge in [-0.2, -0.15) is 0 Å². The van der Waals surface area contributed by atoms with Crippen LogP contribution in [0, 0.1) is 0 Å². The molecule has 0 spiro atoms. The number of aliphatic carboxylic acids is 3. The van der Waals surface area contributed by atoms with Gasteiger partial charge in [-0.25, -0.2) is 0 Å². The number of amides is 4. The van der Waals surface area contributed by atoms with E-state index in [9.17, 15) is 38.4 Å². The Labute approximate surface area is 381 Å². The van der Waals surface area contributed by atoms with Crippen LogP contribution < -0.4 is 53.4 Å². The number of rotatable bonds is 27. The Hall–Kier alpha value is -4.74. The number of hydrogen-bond donors (Lipinski definition) is 11. The Kier molecular flexibility index (Phi) is 22.0. The van der Waals surface area contributed by atoms with Crippen molar-refractivity contribution in [1.29, 1.82) is 0 Å². The van der Waals surface area contributed by atoms with Crippen molar-refractivity contribution in [2.45, 2.75) is 111 Å². The Morgan fingerprint density at radius 1 is 0.683 bits per heavy atom. The van der Waals surface area contributed by atoms with Gasteiger partial charge in [-0.3, -0.25) is 24.0 Å². The molecule has 20 nitrogen and oxygen atoms in total. The van der Waals surface area contributed by atoms with Gasteiger partial charge >= 0.3 is 207 Å². The molecular formula is C40H57N8O12S2Se. The molecule has 347 valence electrons. The first-order valence-corrected chi connectivity index (χ1v) is 22.4. The topological polar surface area (TPSA) is 359 Å². The molecule has 63 heavy (non-hydrogen) atoms. The van der Waals surface area contributed by atoms with E-state index in [4.69, 9.17) is 43.0 Å². The molecule has 0 saturated carbocycles. The summed E-state index contributed by atoms with van der Waals surface area (Å²) in [5.74, 6) is -7.79. The summed E-state index contributed by atoms with van der Waals surface area (Å²) in [5, 5.41) is 37.1. The maximum atomic E-state index is 13.6. The van der Waals surface area contributed by atoms with Gasteiger partial charge in [0.15, 0.2) is 0 Å². The Morgan fingerprint density at radius 2 is 1.11 bits per heavy atom. The molecule has 23 heteroatoms. The van der Waals surface area contributed by atoms with E-state index in [1.165, 1.54) is 17.8 Å². The van der Waals surface area contributed by atoms with Crippen molar-refractivity contribution in [2.24, 2.45) is 22.9 Å². The average molecular weight is 985 g/mol. The van der Waals surface area contributed by atoms with Crippen LogP contribution in [0.4, 0.5) is 0 Å². The minimum atomic E-state index is -1.33. The molecular weight excluding hydrogens is 928 g/mol. The summed E-state index contributed by atoms with van der Waals surface area (Å²) in [4.78, 5) is 100. The number of ether oxygens (including phenoxy) is 1. The minimum Gasteiger partial charge on any atom is -0.480 e. The van der Waals surface area contributed by atoms with Crippen LogP contribution in [0.15, 0.2) is 46.2 Å². The fourth-order valence-electron chi connectivity index (χ4n) is 5.51. The number of carboxylic acids is 3. The van der Waals surface area contributed by atoms with Crippen molar-refractivity contribution in [1.82, 2.24) is 21.3 Å². The molecule has 2 aromatic carbocycles. The molecule has 0 aliphatic carbocycles. The molecule has 4 unspecified atom stereocenters. The molecule has 4 atom stereocenters. The van der Waals surface area contributed by atoms with Crippen molar-refractivity contribution >= 4 is 91.5 Å². The van der Waals surface area contributed by atoms with Gasteiger partial charge in [0.2, 0.25) is 11.8 Å². The van der Waals surface area contributed by atoms with Crippen molar-refractivity contribution < 1.29 is 58.4 Å². The van der Waals surface area contributed by atoms with Gasteiger partial charge in [-0.15, -0.1) is 11.8 Å². The molecule has 15 N–H and O–H groups in total. The number of nitrogens with two attached hydrogens (primary N) is 4. The Morgan fingerprint density at radius 3 is 1.56 bits per heavy atom. The third-order valence-corrected chi connectivity index (χ3v) is 11.8. The predicted octanol–water partition coefficient (Wildman–Crippen LogP) is -1.50. The minimum absolute atomic E-state index is 0.0136. The number of carbonyl (C=O) groups is 8. The van der Waals surface area contributed by atoms with Crippen LogP contribution in [0.2, 0.25) is 0 Å². The normalized spacial score (nSPS) is 13.4. The smallest absolute Gasteiger partial charge is 0.480 e. The van der Waals surface area contributed by atoms with Crippen molar-refractivity contribution in [3.63, 3.8) is 0 Å². The zero-order valence-corrected chi connectivity index (χ0v) is 38.7. The van der Waals surface area contributed by atoms with Gasteiger partial charge in [-0.1, -0.05) is 6.07 Å². The molecule has 1 radical (unpaired) electrons. The van der Waals surface area contributed by atoms with Crippen LogP contribution >= 0.6 is 23.5 Å². The summed E-state index contributed by atoms with van der Waals surface area (Å²) in [5.41, 5.74) is 23.7. The second kappa shape index (κ2) is 25.5. The average Bonchev–Trinajstić information content (AvgIpc) is 3.18. The number of carboxylic acid groups (broad SMARTS) is 3. The molecule has 2 rings (SSSR count). The fourth-order valence-corrected chi connectivity index (χ4v) is 8.42. The molecule has 0 aliphatic rings. The van der Waals surface area contributed by atoms with E-state index in [0.29, 0.717) is 16.9 Å². The zero-order chi connectivity index (χ0) is 47.7. The van der Waals surface area contributed by atoms with Crippen molar-refractivity contribution in [3.8, 4) is 5.75 Å². The van der Waals surface area contributed by atoms with E-state index in [0.717, 1.165) is 26.7 Å². The summed E-state index contributed by atoms with van der Waals surface area (Å²) in [6, 6.07) is 5.18. The van der Waals surface area contributed by atoms with Gasteiger partial charge < -0.3 is 37.4 Å². The van der Waals surface area contributed by atoms with Crippen LogP contribution in [0.3, 0.4) is 0 Å². The van der Waals surface area contributed by atoms with Gasteiger partial charge in [0.05, 0.1) is 0 Å². The van der Waals surface area contributed by atoms with E-state index in [2.05, 4.69) is 37.3 Å². The van der Waals surface area contributed by atoms with Crippen LogP contribution in [0.5, 0.6) is 5.75 Å². The molecule has 0 fully saturated rings. The van der Waals surface area contributed by atoms with E-state index >= 15 is 0 Å². The van der Waals surface area contributed by atoms with Gasteiger partial charge in [0, 0.05) is 28.2 Å². The van der Waals surface area contributed by atoms with Crippen molar-refractivity contribution in [3.05, 3.63) is 47.5 Å². The van der Waals surface area contributed by atoms with E-state index < -0.39 is 95.8 Å². The molecule has 0 saturated heterocycles. The first kappa shape index (κ1) is 54.4. The molecule has 0 aromatic heterocycles. The number of carbonyl (C=O) groups excluding carboxylic acids is 5. The summed E-state index contributed by atoms with van der Waals surface area (Å²) < 4.78 is 6.58. The van der Waals surface area contributed by atoms with E-state index in [1.54, 1.807) is 26.0 Å². The second-order valence-electron chi connectivity index (χ2n) is 15.9.